The third-order valence-corrected chi connectivity index (χ3v) is 6.64. The van der Waals surface area contributed by atoms with Crippen LogP contribution in [0.25, 0.3) is 16.7 Å². The Kier molecular flexibility index (Phi) is 5.71. The van der Waals surface area contributed by atoms with Gasteiger partial charge in [-0.25, -0.2) is 9.97 Å². The lowest BCUT2D eigenvalue weighted by Crippen LogP contribution is -2.03. The van der Waals surface area contributed by atoms with Crippen molar-refractivity contribution in [2.24, 2.45) is 0 Å². The number of hydrogen-bond acceptors (Lipinski definition) is 6. The number of benzene rings is 3. The molecule has 1 aliphatic rings. The Morgan fingerprint density at radius 1 is 1.00 bits per heavy atom. The van der Waals surface area contributed by atoms with E-state index in [1.807, 2.05) is 79.7 Å². The van der Waals surface area contributed by atoms with Gasteiger partial charge in [-0.15, -0.1) is 0 Å². The van der Waals surface area contributed by atoms with Gasteiger partial charge in [0.2, 0.25) is 0 Å². The second-order valence-electron chi connectivity index (χ2n) is 8.56. The Bertz CT molecular complexity index is 1570. The molecule has 36 heavy (non-hydrogen) atoms. The van der Waals surface area contributed by atoms with Crippen LogP contribution in [0.5, 0.6) is 17.2 Å². The first-order chi connectivity index (χ1) is 17.6. The minimum Gasteiger partial charge on any atom is -0.489 e. The minimum absolute atomic E-state index is 0.0481. The largest absolute Gasteiger partial charge is 0.489 e. The highest BCUT2D eigenvalue weighted by atomic mass is 35.5. The summed E-state index contributed by atoms with van der Waals surface area (Å²) in [5.41, 5.74) is 11.9. The molecule has 0 aliphatic carbocycles. The Balaban J connectivity index is 1.24. The Morgan fingerprint density at radius 3 is 2.64 bits per heavy atom. The molecule has 0 spiro atoms. The molecule has 2 N–H and O–H groups in total. The van der Waals surface area contributed by atoms with Gasteiger partial charge in [0.15, 0.2) is 5.82 Å². The van der Waals surface area contributed by atoms with Crippen LogP contribution in [-0.2, 0) is 18.0 Å². The van der Waals surface area contributed by atoms with E-state index in [-0.39, 0.29) is 6.10 Å². The number of fused-ring (bicyclic) bond motifs is 3. The molecule has 1 aliphatic heterocycles. The van der Waals surface area contributed by atoms with Crippen LogP contribution in [0.4, 0.5) is 5.82 Å². The topological polar surface area (TPSA) is 84.4 Å². The summed E-state index contributed by atoms with van der Waals surface area (Å²) < 4.78 is 20.0. The maximum Gasteiger partial charge on any atom is 0.151 e. The number of nitrogen functional groups attached to an aromatic ring is 1. The van der Waals surface area contributed by atoms with Gasteiger partial charge in [-0.1, -0.05) is 35.9 Å². The number of ether oxygens (including phenoxy) is 3. The lowest BCUT2D eigenvalue weighted by molar-refractivity contribution is 0.0783. The highest BCUT2D eigenvalue weighted by Crippen LogP contribution is 2.41. The molecule has 6 rings (SSSR count). The van der Waals surface area contributed by atoms with Gasteiger partial charge in [0.25, 0.3) is 0 Å². The maximum absolute atomic E-state index is 6.26. The number of aromatic nitrogens is 3. The van der Waals surface area contributed by atoms with Crippen LogP contribution in [0.1, 0.15) is 29.8 Å². The van der Waals surface area contributed by atoms with Crippen molar-refractivity contribution in [3.8, 4) is 22.9 Å². The fraction of sp³-hybridized carbons (Fsp3) is 0.143. The van der Waals surface area contributed by atoms with Crippen LogP contribution in [0, 0.1) is 0 Å². The summed E-state index contributed by atoms with van der Waals surface area (Å²) in [6.07, 6.45) is 1.45. The average Bonchev–Trinajstić information content (AvgIpc) is 3.43. The van der Waals surface area contributed by atoms with Crippen molar-refractivity contribution in [1.82, 2.24) is 14.5 Å². The smallest absolute Gasteiger partial charge is 0.151 e. The first kappa shape index (κ1) is 22.4. The normalized spacial score (nSPS) is 14.7. The number of nitrogens with two attached hydrogens (primary N) is 1. The lowest BCUT2D eigenvalue weighted by atomic mass is 10.1. The van der Waals surface area contributed by atoms with Gasteiger partial charge in [0, 0.05) is 27.9 Å². The molecule has 0 saturated carbocycles. The summed E-state index contributed by atoms with van der Waals surface area (Å²) in [7, 11) is 0. The van der Waals surface area contributed by atoms with Gasteiger partial charge < -0.3 is 24.5 Å². The van der Waals surface area contributed by atoms with Crippen molar-refractivity contribution < 1.29 is 14.2 Å². The van der Waals surface area contributed by atoms with Crippen molar-refractivity contribution >= 4 is 28.5 Å². The van der Waals surface area contributed by atoms with Crippen molar-refractivity contribution in [1.29, 1.82) is 0 Å². The van der Waals surface area contributed by atoms with E-state index < -0.39 is 0 Å². The Labute approximate surface area is 213 Å². The van der Waals surface area contributed by atoms with E-state index in [9.17, 15) is 0 Å². The number of anilines is 1. The van der Waals surface area contributed by atoms with E-state index in [0.717, 1.165) is 33.5 Å². The van der Waals surface area contributed by atoms with Crippen LogP contribution in [-0.4, -0.2) is 14.5 Å². The molecule has 0 radical (unpaired) electrons. The van der Waals surface area contributed by atoms with E-state index in [4.69, 9.17) is 31.5 Å². The molecule has 3 heterocycles. The average molecular weight is 499 g/mol. The van der Waals surface area contributed by atoms with E-state index in [1.54, 1.807) is 0 Å². The molecule has 180 valence electrons. The molecule has 5 aromatic rings. The summed E-state index contributed by atoms with van der Waals surface area (Å²) in [6.45, 7) is 2.89. The van der Waals surface area contributed by atoms with Crippen molar-refractivity contribution in [2.75, 3.05) is 5.73 Å². The summed E-state index contributed by atoms with van der Waals surface area (Å²) in [5.74, 6) is 2.51. The summed E-state index contributed by atoms with van der Waals surface area (Å²) in [4.78, 5) is 8.71. The molecule has 0 saturated heterocycles. The number of nitrogens with zero attached hydrogens (tertiary/aromatic N) is 3. The molecule has 0 bridgehead atoms. The summed E-state index contributed by atoms with van der Waals surface area (Å²) >= 11 is 6.23. The maximum atomic E-state index is 6.26. The molecule has 8 heteroatoms. The van der Waals surface area contributed by atoms with Crippen LogP contribution in [0.2, 0.25) is 5.02 Å². The molecule has 1 atom stereocenters. The van der Waals surface area contributed by atoms with E-state index >= 15 is 0 Å². The number of rotatable bonds is 6. The first-order valence-electron chi connectivity index (χ1n) is 11.6. The van der Waals surface area contributed by atoms with Crippen molar-refractivity contribution in [3.05, 3.63) is 101 Å². The van der Waals surface area contributed by atoms with Gasteiger partial charge in [-0.05, 0) is 49.4 Å². The Morgan fingerprint density at radius 2 is 1.81 bits per heavy atom. The SMILES string of the molecule is CC1OCc2c1c1ncnc(N)c1n2-c1ccc(Oc2cccc(OCc3ccccc3Cl)c2)cc1. The highest BCUT2D eigenvalue weighted by molar-refractivity contribution is 6.31. The standard InChI is InChI=1S/C28H23ClN4O3/c1-17-25-24(15-34-17)33(27-26(25)31-16-32-28(27)30)19-9-11-20(12-10-19)36-22-7-4-6-21(13-22)35-14-18-5-2-3-8-23(18)29/h2-13,16-17H,14-15H2,1H3,(H2,30,31,32). The zero-order valence-electron chi connectivity index (χ0n) is 19.5. The van der Waals surface area contributed by atoms with Crippen LogP contribution >= 0.6 is 11.6 Å². The summed E-state index contributed by atoms with van der Waals surface area (Å²) in [5, 5.41) is 0.681. The van der Waals surface area contributed by atoms with Gasteiger partial charge >= 0.3 is 0 Å². The fourth-order valence-corrected chi connectivity index (χ4v) is 4.74. The fourth-order valence-electron chi connectivity index (χ4n) is 4.55. The highest BCUT2D eigenvalue weighted by Gasteiger charge is 2.30. The summed E-state index contributed by atoms with van der Waals surface area (Å²) in [6, 6.07) is 23.0. The second-order valence-corrected chi connectivity index (χ2v) is 8.96. The third-order valence-electron chi connectivity index (χ3n) is 6.28. The quantitative estimate of drug-likeness (QED) is 0.283. The van der Waals surface area contributed by atoms with Gasteiger partial charge in [0.1, 0.15) is 41.2 Å². The predicted octanol–water partition coefficient (Wildman–Crippen LogP) is 6.62. The zero-order valence-corrected chi connectivity index (χ0v) is 20.3. The van der Waals surface area contributed by atoms with Gasteiger partial charge in [-0.2, -0.15) is 0 Å². The molecule has 1 unspecified atom stereocenters. The Hall–Kier alpha value is -4.07. The van der Waals surface area contributed by atoms with E-state index in [2.05, 4.69) is 14.5 Å². The van der Waals surface area contributed by atoms with Crippen molar-refractivity contribution in [2.45, 2.75) is 26.2 Å². The third kappa shape index (κ3) is 4.02. The lowest BCUT2D eigenvalue weighted by Gasteiger charge is -2.12. The van der Waals surface area contributed by atoms with Crippen molar-refractivity contribution in [3.63, 3.8) is 0 Å². The van der Waals surface area contributed by atoms with Gasteiger partial charge in [0.05, 0.1) is 18.4 Å². The van der Waals surface area contributed by atoms with Crippen LogP contribution < -0.4 is 15.2 Å². The zero-order chi connectivity index (χ0) is 24.6. The molecule has 2 aromatic heterocycles. The van der Waals surface area contributed by atoms with Crippen LogP contribution in [0.3, 0.4) is 0 Å². The van der Waals surface area contributed by atoms with E-state index in [0.29, 0.717) is 41.3 Å². The van der Waals surface area contributed by atoms with Crippen LogP contribution in [0.15, 0.2) is 79.1 Å². The molecular formula is C28H23ClN4O3. The first-order valence-corrected chi connectivity index (χ1v) is 12.0. The monoisotopic (exact) mass is 498 g/mol. The predicted molar refractivity (Wildman–Crippen MR) is 139 cm³/mol. The van der Waals surface area contributed by atoms with Gasteiger partial charge in [-0.3, -0.25) is 0 Å². The minimum atomic E-state index is -0.0481. The molecule has 7 nitrogen and oxygen atoms in total. The molecule has 0 fully saturated rings. The number of halogens is 1. The second kappa shape index (κ2) is 9.18. The molecule has 0 amide bonds. The van der Waals surface area contributed by atoms with E-state index in [1.165, 1.54) is 6.33 Å². The molecular weight excluding hydrogens is 476 g/mol. The number of hydrogen-bond donors (Lipinski definition) is 1. The molecule has 3 aromatic carbocycles.